The molecule has 0 fully saturated rings. The van der Waals surface area contributed by atoms with E-state index in [1.54, 1.807) is 35.1 Å². The third-order valence-corrected chi connectivity index (χ3v) is 4.91. The molecule has 0 radical (unpaired) electrons. The zero-order valence-electron chi connectivity index (χ0n) is 16.2. The average molecular weight is 412 g/mol. The van der Waals surface area contributed by atoms with Crippen molar-refractivity contribution in [3.05, 3.63) is 108 Å². The van der Waals surface area contributed by atoms with Crippen LogP contribution in [0.1, 0.15) is 27.5 Å². The van der Waals surface area contributed by atoms with Gasteiger partial charge in [0.25, 0.3) is 11.9 Å². The number of fused-ring (bicyclic) bond motifs is 1. The summed E-state index contributed by atoms with van der Waals surface area (Å²) in [5.41, 5.74) is 3.07. The molecule has 2 N–H and O–H groups in total. The van der Waals surface area contributed by atoms with Gasteiger partial charge in [-0.1, -0.05) is 42.5 Å². The van der Waals surface area contributed by atoms with Crippen LogP contribution in [0.25, 0.3) is 5.70 Å². The molecule has 0 bridgehead atoms. The van der Waals surface area contributed by atoms with Crippen molar-refractivity contribution in [3.63, 3.8) is 0 Å². The third kappa shape index (κ3) is 3.78. The number of aromatic nitrogens is 4. The number of allylic oxidation sites excluding steroid dienone is 1. The first kappa shape index (κ1) is 18.7. The van der Waals surface area contributed by atoms with Gasteiger partial charge >= 0.3 is 0 Å². The van der Waals surface area contributed by atoms with Gasteiger partial charge in [-0.15, -0.1) is 5.10 Å². The maximum absolute atomic E-state index is 13.5. The number of rotatable bonds is 4. The molecule has 0 aliphatic carbocycles. The molecule has 3 heterocycles. The Balaban J connectivity index is 1.51. The van der Waals surface area contributed by atoms with Crippen molar-refractivity contribution >= 4 is 23.5 Å². The summed E-state index contributed by atoms with van der Waals surface area (Å²) in [7, 11) is 0. The minimum absolute atomic E-state index is 0.158. The highest BCUT2D eigenvalue weighted by Crippen LogP contribution is 2.33. The minimum Gasteiger partial charge on any atom is -0.324 e. The molecule has 1 aliphatic heterocycles. The molecule has 7 nitrogen and oxygen atoms in total. The molecule has 31 heavy (non-hydrogen) atoms. The van der Waals surface area contributed by atoms with E-state index in [0.717, 1.165) is 16.8 Å². The van der Waals surface area contributed by atoms with E-state index in [2.05, 4.69) is 25.7 Å². The first-order valence-corrected chi connectivity index (χ1v) is 9.65. The number of pyridine rings is 1. The molecule has 0 saturated heterocycles. The smallest absolute Gasteiger partial charge is 0.259 e. The van der Waals surface area contributed by atoms with E-state index in [0.29, 0.717) is 11.5 Å². The number of carbonyl (C=O) groups excluding carboxylic acids is 1. The molecular weight excluding hydrogens is 395 g/mol. The molecule has 4 aromatic rings. The van der Waals surface area contributed by atoms with Crippen molar-refractivity contribution in [2.45, 2.75) is 6.04 Å². The Kier molecular flexibility index (Phi) is 4.72. The van der Waals surface area contributed by atoms with E-state index >= 15 is 0 Å². The van der Waals surface area contributed by atoms with Crippen LogP contribution in [0.15, 0.2) is 85.2 Å². The van der Waals surface area contributed by atoms with Crippen molar-refractivity contribution in [1.82, 2.24) is 19.7 Å². The molecule has 0 saturated carbocycles. The normalized spacial score (nSPS) is 14.9. The fourth-order valence-electron chi connectivity index (χ4n) is 3.40. The van der Waals surface area contributed by atoms with Crippen LogP contribution in [0.4, 0.5) is 16.3 Å². The molecule has 1 unspecified atom stereocenters. The quantitative estimate of drug-likeness (QED) is 0.527. The Bertz CT molecular complexity index is 1250. The first-order valence-electron chi connectivity index (χ1n) is 9.65. The highest BCUT2D eigenvalue weighted by molar-refractivity contribution is 6.03. The summed E-state index contributed by atoms with van der Waals surface area (Å²) < 4.78 is 15.2. The first-order chi connectivity index (χ1) is 15.2. The molecule has 0 spiro atoms. The van der Waals surface area contributed by atoms with Gasteiger partial charge in [0.15, 0.2) is 0 Å². The van der Waals surface area contributed by atoms with Gasteiger partial charge in [0.1, 0.15) is 11.9 Å². The second kappa shape index (κ2) is 7.83. The Labute approximate surface area is 177 Å². The van der Waals surface area contributed by atoms with Crippen LogP contribution in [-0.2, 0) is 0 Å². The number of carbonyl (C=O) groups is 1. The summed E-state index contributed by atoms with van der Waals surface area (Å²) in [6, 6.07) is 19.1. The van der Waals surface area contributed by atoms with Crippen LogP contribution < -0.4 is 10.6 Å². The lowest BCUT2D eigenvalue weighted by atomic mass is 10.0. The number of nitrogens with zero attached hydrogens (tertiary/aromatic N) is 4. The Morgan fingerprint density at radius 1 is 1.03 bits per heavy atom. The van der Waals surface area contributed by atoms with Gasteiger partial charge in [0.05, 0.1) is 5.56 Å². The van der Waals surface area contributed by atoms with Gasteiger partial charge < -0.3 is 5.32 Å². The SMILES string of the molecule is O=C(Nc1nc2n(n1)C(c1ccc(F)cc1)C=C(c1ccccc1)N2)c1cccnc1. The number of nitrogens with one attached hydrogen (secondary N) is 2. The summed E-state index contributed by atoms with van der Waals surface area (Å²) in [5, 5.41) is 10.5. The zero-order valence-corrected chi connectivity index (χ0v) is 16.2. The van der Waals surface area contributed by atoms with Gasteiger partial charge in [-0.2, -0.15) is 4.98 Å². The average Bonchev–Trinajstić information content (AvgIpc) is 3.22. The number of amides is 1. The maximum Gasteiger partial charge on any atom is 0.259 e. The molecule has 8 heteroatoms. The van der Waals surface area contributed by atoms with Gasteiger partial charge in [-0.25, -0.2) is 9.07 Å². The molecule has 5 rings (SSSR count). The number of benzene rings is 2. The zero-order chi connectivity index (χ0) is 21.2. The van der Waals surface area contributed by atoms with Crippen molar-refractivity contribution < 1.29 is 9.18 Å². The lowest BCUT2D eigenvalue weighted by Crippen LogP contribution is -2.20. The van der Waals surface area contributed by atoms with E-state index in [1.807, 2.05) is 36.4 Å². The Morgan fingerprint density at radius 2 is 1.84 bits per heavy atom. The van der Waals surface area contributed by atoms with Crippen molar-refractivity contribution in [3.8, 4) is 0 Å². The largest absolute Gasteiger partial charge is 0.324 e. The predicted octanol–water partition coefficient (Wildman–Crippen LogP) is 4.12. The van der Waals surface area contributed by atoms with Crippen LogP contribution in [-0.4, -0.2) is 25.7 Å². The van der Waals surface area contributed by atoms with Crippen LogP contribution in [0, 0.1) is 5.82 Å². The van der Waals surface area contributed by atoms with Crippen molar-refractivity contribution in [2.75, 3.05) is 10.6 Å². The van der Waals surface area contributed by atoms with Crippen molar-refractivity contribution in [1.29, 1.82) is 0 Å². The molecule has 152 valence electrons. The minimum atomic E-state index is -0.356. The van der Waals surface area contributed by atoms with Crippen LogP contribution in [0.3, 0.4) is 0 Å². The van der Waals surface area contributed by atoms with Crippen molar-refractivity contribution in [2.24, 2.45) is 0 Å². The highest BCUT2D eigenvalue weighted by atomic mass is 19.1. The summed E-state index contributed by atoms with van der Waals surface area (Å²) in [6.07, 6.45) is 5.06. The fraction of sp³-hybridized carbons (Fsp3) is 0.0435. The van der Waals surface area contributed by atoms with Gasteiger partial charge in [0, 0.05) is 18.1 Å². The van der Waals surface area contributed by atoms with Crippen LogP contribution >= 0.6 is 0 Å². The second-order valence-corrected chi connectivity index (χ2v) is 6.97. The Morgan fingerprint density at radius 3 is 2.58 bits per heavy atom. The predicted molar refractivity (Wildman–Crippen MR) is 115 cm³/mol. The maximum atomic E-state index is 13.5. The summed E-state index contributed by atoms with van der Waals surface area (Å²) in [6.45, 7) is 0. The second-order valence-electron chi connectivity index (χ2n) is 6.97. The van der Waals surface area contributed by atoms with Crippen LogP contribution in [0.2, 0.25) is 0 Å². The number of hydrogen-bond donors (Lipinski definition) is 2. The molecule has 2 aromatic heterocycles. The topological polar surface area (TPSA) is 84.7 Å². The molecule has 1 atom stereocenters. The molecular formula is C23H17FN6O. The Hall–Kier alpha value is -4.33. The van der Waals surface area contributed by atoms with Gasteiger partial charge in [-0.3, -0.25) is 15.1 Å². The summed E-state index contributed by atoms with van der Waals surface area (Å²) in [5.74, 6) is -0.0397. The lowest BCUT2D eigenvalue weighted by Gasteiger charge is -2.24. The molecule has 1 amide bonds. The van der Waals surface area contributed by atoms with E-state index in [9.17, 15) is 9.18 Å². The highest BCUT2D eigenvalue weighted by Gasteiger charge is 2.26. The van der Waals surface area contributed by atoms with E-state index in [-0.39, 0.29) is 23.7 Å². The third-order valence-electron chi connectivity index (χ3n) is 4.91. The van der Waals surface area contributed by atoms with E-state index in [4.69, 9.17) is 0 Å². The van der Waals surface area contributed by atoms with Gasteiger partial charge in [-0.05, 0) is 41.5 Å². The number of halogens is 1. The number of hydrogen-bond acceptors (Lipinski definition) is 5. The summed E-state index contributed by atoms with van der Waals surface area (Å²) >= 11 is 0. The fourth-order valence-corrected chi connectivity index (χ4v) is 3.40. The van der Waals surface area contributed by atoms with E-state index < -0.39 is 0 Å². The van der Waals surface area contributed by atoms with Crippen LogP contribution in [0.5, 0.6) is 0 Å². The lowest BCUT2D eigenvalue weighted by molar-refractivity contribution is 0.102. The standard InChI is InChI=1S/C23H17FN6O/c24-18-10-8-16(9-11-18)20-13-19(15-5-2-1-3-6-15)26-23-28-22(29-30(20)23)27-21(31)17-7-4-12-25-14-17/h1-14,20H,(H2,26,27,28,29,31). The summed E-state index contributed by atoms with van der Waals surface area (Å²) in [4.78, 5) is 20.9. The van der Waals surface area contributed by atoms with E-state index in [1.165, 1.54) is 18.3 Å². The number of anilines is 2. The van der Waals surface area contributed by atoms with Gasteiger partial charge in [0.2, 0.25) is 5.95 Å². The molecule has 1 aliphatic rings. The molecule has 2 aromatic carbocycles. The monoisotopic (exact) mass is 412 g/mol.